The van der Waals surface area contributed by atoms with Crippen LogP contribution in [0.3, 0.4) is 0 Å². The fraction of sp³-hybridized carbons (Fsp3) is 0.588. The highest BCUT2D eigenvalue weighted by molar-refractivity contribution is 5.41. The third-order valence-corrected chi connectivity index (χ3v) is 4.36. The molecule has 1 saturated heterocycles. The number of nitrogens with one attached hydrogen (secondary N) is 2. The lowest BCUT2D eigenvalue weighted by atomic mass is 9.94. The van der Waals surface area contributed by atoms with E-state index in [1.165, 1.54) is 0 Å². The molecular weight excluding hydrogens is 304 g/mol. The maximum absolute atomic E-state index is 5.93. The molecule has 0 aliphatic carbocycles. The van der Waals surface area contributed by atoms with Gasteiger partial charge in [-0.2, -0.15) is 10.1 Å². The molecule has 7 nitrogen and oxygen atoms in total. The lowest BCUT2D eigenvalue weighted by Crippen LogP contribution is -2.43. The molecule has 2 aromatic rings. The van der Waals surface area contributed by atoms with Crippen molar-refractivity contribution in [3.63, 3.8) is 0 Å². The van der Waals surface area contributed by atoms with Gasteiger partial charge in [0.25, 0.3) is 0 Å². The molecule has 0 radical (unpaired) electrons. The summed E-state index contributed by atoms with van der Waals surface area (Å²) >= 11 is 0. The third kappa shape index (κ3) is 4.03. The van der Waals surface area contributed by atoms with E-state index in [2.05, 4.69) is 39.5 Å². The number of hydrogen-bond donors (Lipinski definition) is 2. The van der Waals surface area contributed by atoms with Crippen molar-refractivity contribution in [2.24, 2.45) is 13.0 Å². The highest BCUT2D eigenvalue weighted by atomic mass is 16.5. The zero-order valence-corrected chi connectivity index (χ0v) is 14.6. The minimum atomic E-state index is 0.222. The zero-order valence-electron chi connectivity index (χ0n) is 14.6. The fourth-order valence-corrected chi connectivity index (χ4v) is 3.07. The fourth-order valence-electron chi connectivity index (χ4n) is 3.07. The highest BCUT2D eigenvalue weighted by Gasteiger charge is 2.28. The molecule has 0 bridgehead atoms. The van der Waals surface area contributed by atoms with Gasteiger partial charge < -0.3 is 15.4 Å². The topological polar surface area (TPSA) is 76.9 Å². The summed E-state index contributed by atoms with van der Waals surface area (Å²) in [5.74, 6) is 1.92. The molecular formula is C17H26N6O. The molecule has 1 aliphatic rings. The van der Waals surface area contributed by atoms with E-state index in [-0.39, 0.29) is 6.10 Å². The van der Waals surface area contributed by atoms with Crippen LogP contribution in [0.5, 0.6) is 0 Å². The summed E-state index contributed by atoms with van der Waals surface area (Å²) in [4.78, 5) is 8.86. The summed E-state index contributed by atoms with van der Waals surface area (Å²) in [6.45, 7) is 5.89. The molecule has 24 heavy (non-hydrogen) atoms. The monoisotopic (exact) mass is 330 g/mol. The Morgan fingerprint density at radius 1 is 1.33 bits per heavy atom. The predicted octanol–water partition coefficient (Wildman–Crippen LogP) is 2.44. The Morgan fingerprint density at radius 3 is 2.96 bits per heavy atom. The second-order valence-corrected chi connectivity index (χ2v) is 6.54. The van der Waals surface area contributed by atoms with Crippen LogP contribution in [0.15, 0.2) is 24.5 Å². The Hall–Kier alpha value is -2.15. The van der Waals surface area contributed by atoms with Crippen molar-refractivity contribution in [3.05, 3.63) is 30.2 Å². The van der Waals surface area contributed by atoms with Crippen LogP contribution in [0.25, 0.3) is 0 Å². The van der Waals surface area contributed by atoms with Gasteiger partial charge >= 0.3 is 0 Å². The lowest BCUT2D eigenvalue weighted by Gasteiger charge is -2.35. The first kappa shape index (κ1) is 16.7. The Morgan fingerprint density at radius 2 is 2.21 bits per heavy atom. The van der Waals surface area contributed by atoms with Crippen molar-refractivity contribution in [3.8, 4) is 0 Å². The molecule has 2 aromatic heterocycles. The summed E-state index contributed by atoms with van der Waals surface area (Å²) in [5.41, 5.74) is 1.08. The Labute approximate surface area is 142 Å². The van der Waals surface area contributed by atoms with Gasteiger partial charge in [0, 0.05) is 26.0 Å². The first-order valence-corrected chi connectivity index (χ1v) is 8.55. The molecule has 0 saturated carbocycles. The van der Waals surface area contributed by atoms with E-state index in [1.807, 2.05) is 23.9 Å². The maximum Gasteiger partial charge on any atom is 0.224 e. The number of anilines is 2. The van der Waals surface area contributed by atoms with Gasteiger partial charge in [0.05, 0.1) is 24.4 Å². The highest BCUT2D eigenvalue weighted by Crippen LogP contribution is 2.23. The molecule has 0 aromatic carbocycles. The van der Waals surface area contributed by atoms with Crippen molar-refractivity contribution in [2.45, 2.75) is 45.4 Å². The number of aromatic nitrogens is 4. The summed E-state index contributed by atoms with van der Waals surface area (Å²) in [5, 5.41) is 10.9. The summed E-state index contributed by atoms with van der Waals surface area (Å²) in [6.07, 6.45) is 5.96. The Kier molecular flexibility index (Phi) is 5.30. The van der Waals surface area contributed by atoms with E-state index in [0.717, 1.165) is 31.0 Å². The largest absolute Gasteiger partial charge is 0.376 e. The number of aryl methyl sites for hydroxylation is 1. The van der Waals surface area contributed by atoms with Crippen LogP contribution < -0.4 is 10.6 Å². The minimum absolute atomic E-state index is 0.222. The molecule has 130 valence electrons. The van der Waals surface area contributed by atoms with Crippen molar-refractivity contribution in [1.82, 2.24) is 19.7 Å². The van der Waals surface area contributed by atoms with Crippen LogP contribution >= 0.6 is 0 Å². The molecule has 1 fully saturated rings. The van der Waals surface area contributed by atoms with E-state index in [4.69, 9.17) is 4.74 Å². The van der Waals surface area contributed by atoms with E-state index in [0.29, 0.717) is 24.5 Å². The SMILES string of the molecule is CC(C)[C@H]1OCCC[C@H]1Nc1ccnc(NCc2ccnn2C)n1. The molecule has 2 atom stereocenters. The molecule has 0 amide bonds. The average molecular weight is 330 g/mol. The minimum Gasteiger partial charge on any atom is -0.376 e. The lowest BCUT2D eigenvalue weighted by molar-refractivity contribution is -0.0203. The number of ether oxygens (including phenoxy) is 1. The predicted molar refractivity (Wildman–Crippen MR) is 93.8 cm³/mol. The van der Waals surface area contributed by atoms with E-state index in [1.54, 1.807) is 12.4 Å². The first-order chi connectivity index (χ1) is 11.6. The van der Waals surface area contributed by atoms with Crippen LogP contribution in [0.4, 0.5) is 11.8 Å². The molecule has 1 aliphatic heterocycles. The van der Waals surface area contributed by atoms with Crippen LogP contribution in [-0.2, 0) is 18.3 Å². The van der Waals surface area contributed by atoms with Crippen molar-refractivity contribution in [2.75, 3.05) is 17.2 Å². The van der Waals surface area contributed by atoms with Crippen molar-refractivity contribution >= 4 is 11.8 Å². The molecule has 2 N–H and O–H groups in total. The number of nitrogens with zero attached hydrogens (tertiary/aromatic N) is 4. The van der Waals surface area contributed by atoms with E-state index >= 15 is 0 Å². The maximum atomic E-state index is 5.93. The summed E-state index contributed by atoms with van der Waals surface area (Å²) in [7, 11) is 1.92. The quantitative estimate of drug-likeness (QED) is 0.847. The smallest absolute Gasteiger partial charge is 0.224 e. The Balaban J connectivity index is 1.63. The second-order valence-electron chi connectivity index (χ2n) is 6.54. The summed E-state index contributed by atoms with van der Waals surface area (Å²) in [6, 6.07) is 4.17. The van der Waals surface area contributed by atoms with Gasteiger partial charge in [-0.25, -0.2) is 4.98 Å². The van der Waals surface area contributed by atoms with Crippen LogP contribution in [-0.4, -0.2) is 38.5 Å². The first-order valence-electron chi connectivity index (χ1n) is 8.55. The van der Waals surface area contributed by atoms with Gasteiger partial charge in [0.1, 0.15) is 5.82 Å². The Bertz CT molecular complexity index is 656. The van der Waals surface area contributed by atoms with Gasteiger partial charge in [0.15, 0.2) is 0 Å². The van der Waals surface area contributed by atoms with Crippen LogP contribution in [0, 0.1) is 5.92 Å². The average Bonchev–Trinajstić information content (AvgIpc) is 2.99. The van der Waals surface area contributed by atoms with Crippen LogP contribution in [0.2, 0.25) is 0 Å². The normalized spacial score (nSPS) is 21.0. The van der Waals surface area contributed by atoms with Gasteiger partial charge in [-0.15, -0.1) is 0 Å². The van der Waals surface area contributed by atoms with Gasteiger partial charge in [-0.05, 0) is 30.9 Å². The third-order valence-electron chi connectivity index (χ3n) is 4.36. The van der Waals surface area contributed by atoms with E-state index < -0.39 is 0 Å². The molecule has 3 heterocycles. The van der Waals surface area contributed by atoms with Crippen molar-refractivity contribution < 1.29 is 4.74 Å². The van der Waals surface area contributed by atoms with Gasteiger partial charge in [-0.1, -0.05) is 13.8 Å². The second kappa shape index (κ2) is 7.61. The molecule has 0 spiro atoms. The van der Waals surface area contributed by atoms with Gasteiger partial charge in [0.2, 0.25) is 5.95 Å². The standard InChI is InChI=1S/C17H26N6O/c1-12(2)16-14(5-4-10-24-16)21-15-7-8-18-17(22-15)19-11-13-6-9-20-23(13)3/h6-9,12,14,16H,4-5,10-11H2,1-3H3,(H2,18,19,21,22)/t14-,16-/m1/s1. The molecule has 0 unspecified atom stereocenters. The molecule has 7 heteroatoms. The van der Waals surface area contributed by atoms with Crippen LogP contribution in [0.1, 0.15) is 32.4 Å². The van der Waals surface area contributed by atoms with E-state index in [9.17, 15) is 0 Å². The zero-order chi connectivity index (χ0) is 16.9. The molecule has 3 rings (SSSR count). The summed E-state index contributed by atoms with van der Waals surface area (Å²) < 4.78 is 7.77. The van der Waals surface area contributed by atoms with Gasteiger partial charge in [-0.3, -0.25) is 4.68 Å². The number of hydrogen-bond acceptors (Lipinski definition) is 6. The number of rotatable bonds is 6. The van der Waals surface area contributed by atoms with Crippen molar-refractivity contribution in [1.29, 1.82) is 0 Å².